The Morgan fingerprint density at radius 2 is 1.53 bits per heavy atom. The maximum absolute atomic E-state index is 13.4. The van der Waals surface area contributed by atoms with Crippen LogP contribution in [0.3, 0.4) is 0 Å². The molecule has 1 aromatic carbocycles. The van der Waals surface area contributed by atoms with Crippen molar-refractivity contribution >= 4 is 31.9 Å². The molecule has 32 heavy (non-hydrogen) atoms. The number of hydrogen-bond acceptors (Lipinski definition) is 6. The maximum atomic E-state index is 13.4. The van der Waals surface area contributed by atoms with Crippen LogP contribution in [0.4, 0.5) is 5.69 Å². The zero-order valence-corrected chi connectivity index (χ0v) is 23.5. The van der Waals surface area contributed by atoms with Gasteiger partial charge in [-0.1, -0.05) is 45.2 Å². The van der Waals surface area contributed by atoms with Gasteiger partial charge in [-0.15, -0.1) is 10.7 Å². The highest BCUT2D eigenvalue weighted by Gasteiger charge is 2.27. The van der Waals surface area contributed by atoms with Crippen molar-refractivity contribution < 1.29 is 22.6 Å². The van der Waals surface area contributed by atoms with E-state index in [1.54, 1.807) is 6.07 Å². The molecule has 1 rings (SSSR count). The third kappa shape index (κ3) is 10.5. The van der Waals surface area contributed by atoms with E-state index in [1.165, 1.54) is 23.5 Å². The van der Waals surface area contributed by atoms with Crippen molar-refractivity contribution in [3.8, 4) is 18.1 Å². The van der Waals surface area contributed by atoms with Crippen LogP contribution in [-0.4, -0.2) is 69.2 Å². The summed E-state index contributed by atoms with van der Waals surface area (Å²) in [7, 11) is -4.91. The number of nitrogens with one attached hydrogen (secondary N) is 1. The van der Waals surface area contributed by atoms with E-state index in [4.69, 9.17) is 20.6 Å². The number of benzene rings is 1. The minimum absolute atomic E-state index is 0.0564. The van der Waals surface area contributed by atoms with Crippen LogP contribution in [0.25, 0.3) is 0 Å². The molecular weight excluding hydrogens is 460 g/mol. The maximum Gasteiger partial charge on any atom is 0.247 e. The Morgan fingerprint density at radius 1 is 1.00 bits per heavy atom. The lowest BCUT2D eigenvalue weighted by Gasteiger charge is -2.24. The Hall–Kier alpha value is -1.36. The predicted octanol–water partition coefficient (Wildman–Crippen LogP) is 4.36. The number of nitrogens with zero attached hydrogens (tertiary/aromatic N) is 1. The normalized spacial score (nSPS) is 12.6. The third-order valence-electron chi connectivity index (χ3n) is 4.66. The SMILES string of the molecule is C#CCNc1ccc(S(=O)(=O)N(COCC[Si](C)(C)C)COCC[Si](C)(C)C)cc1OC. The fourth-order valence-electron chi connectivity index (χ4n) is 2.54. The fourth-order valence-corrected chi connectivity index (χ4v) is 5.27. The van der Waals surface area contributed by atoms with Crippen molar-refractivity contribution in [3.63, 3.8) is 0 Å². The van der Waals surface area contributed by atoms with Gasteiger partial charge in [0.05, 0.1) is 24.2 Å². The molecule has 0 aromatic heterocycles. The molecule has 1 aromatic rings. The summed E-state index contributed by atoms with van der Waals surface area (Å²) in [6, 6.07) is 6.60. The van der Waals surface area contributed by atoms with Crippen LogP contribution >= 0.6 is 0 Å². The lowest BCUT2D eigenvalue weighted by atomic mass is 10.3. The molecular formula is C22H40N2O5SSi2. The van der Waals surface area contributed by atoms with Crippen molar-refractivity contribution in [2.24, 2.45) is 0 Å². The minimum atomic E-state index is -3.84. The van der Waals surface area contributed by atoms with E-state index in [1.807, 2.05) is 0 Å². The average molecular weight is 501 g/mol. The lowest BCUT2D eigenvalue weighted by Crippen LogP contribution is -2.36. The van der Waals surface area contributed by atoms with E-state index in [2.05, 4.69) is 50.5 Å². The summed E-state index contributed by atoms with van der Waals surface area (Å²) in [5, 5.41) is 3.02. The van der Waals surface area contributed by atoms with Gasteiger partial charge in [0.25, 0.3) is 0 Å². The molecule has 0 bridgehead atoms. The van der Waals surface area contributed by atoms with Gasteiger partial charge in [-0.2, -0.15) is 0 Å². The number of methoxy groups -OCH3 is 1. The molecule has 1 N–H and O–H groups in total. The van der Waals surface area contributed by atoms with Gasteiger partial charge >= 0.3 is 0 Å². The summed E-state index contributed by atoms with van der Waals surface area (Å²) in [6.45, 7) is 14.8. The van der Waals surface area contributed by atoms with Crippen LogP contribution in [0.2, 0.25) is 51.4 Å². The van der Waals surface area contributed by atoms with Gasteiger partial charge < -0.3 is 19.5 Å². The Bertz CT molecular complexity index is 837. The van der Waals surface area contributed by atoms with Gasteiger partial charge in [-0.25, -0.2) is 8.42 Å². The first-order valence-corrected chi connectivity index (χ1v) is 19.7. The topological polar surface area (TPSA) is 77.1 Å². The second-order valence-electron chi connectivity index (χ2n) is 10.1. The van der Waals surface area contributed by atoms with E-state index in [-0.39, 0.29) is 18.4 Å². The first kappa shape index (κ1) is 28.7. The van der Waals surface area contributed by atoms with Crippen LogP contribution in [0.1, 0.15) is 0 Å². The highest BCUT2D eigenvalue weighted by molar-refractivity contribution is 7.89. The first-order chi connectivity index (χ1) is 14.8. The number of terminal acetylenes is 1. The second-order valence-corrected chi connectivity index (χ2v) is 23.3. The largest absolute Gasteiger partial charge is 0.495 e. The van der Waals surface area contributed by atoms with Crippen LogP contribution < -0.4 is 10.1 Å². The molecule has 0 unspecified atom stereocenters. The fraction of sp³-hybridized carbons (Fsp3) is 0.636. The Balaban J connectivity index is 3.01. The highest BCUT2D eigenvalue weighted by Crippen LogP contribution is 2.29. The van der Waals surface area contributed by atoms with E-state index in [0.29, 0.717) is 31.2 Å². The van der Waals surface area contributed by atoms with E-state index >= 15 is 0 Å². The van der Waals surface area contributed by atoms with Crippen molar-refractivity contribution in [2.45, 2.75) is 56.3 Å². The number of ether oxygens (including phenoxy) is 3. The van der Waals surface area contributed by atoms with E-state index < -0.39 is 26.2 Å². The summed E-state index contributed by atoms with van der Waals surface area (Å²) in [5.41, 5.74) is 0.633. The molecule has 0 aliphatic heterocycles. The molecule has 0 radical (unpaired) electrons. The van der Waals surface area contributed by atoms with Crippen LogP contribution in [-0.2, 0) is 19.5 Å². The van der Waals surface area contributed by atoms with E-state index in [9.17, 15) is 8.42 Å². The standard InChI is InChI=1S/C22H40N2O5SSi2/c1-9-12-23-21-11-10-20(17-22(21)27-2)30(25,26)24(18-28-13-15-31(3,4)5)19-29-14-16-32(6,7)8/h1,10-11,17,23H,12-16,18-19H2,2-8H3. The molecule has 0 aliphatic carbocycles. The number of hydrogen-bond donors (Lipinski definition) is 1. The lowest BCUT2D eigenvalue weighted by molar-refractivity contribution is 0.00815. The zero-order valence-electron chi connectivity index (χ0n) is 20.7. The van der Waals surface area contributed by atoms with Crippen molar-refractivity contribution in [3.05, 3.63) is 18.2 Å². The van der Waals surface area contributed by atoms with Gasteiger partial charge in [0.1, 0.15) is 19.2 Å². The number of anilines is 1. The van der Waals surface area contributed by atoms with Crippen LogP contribution in [0.5, 0.6) is 5.75 Å². The van der Waals surface area contributed by atoms with Gasteiger partial charge in [0.15, 0.2) is 0 Å². The summed E-state index contributed by atoms with van der Waals surface area (Å²) < 4.78 is 44.9. The summed E-state index contributed by atoms with van der Waals surface area (Å²) in [4.78, 5) is 0.114. The van der Waals surface area contributed by atoms with Crippen molar-refractivity contribution in [1.82, 2.24) is 4.31 Å². The molecule has 0 saturated heterocycles. The van der Waals surface area contributed by atoms with Gasteiger partial charge in [0, 0.05) is 35.4 Å². The molecule has 182 valence electrons. The number of rotatable bonds is 15. The molecule has 10 heteroatoms. The van der Waals surface area contributed by atoms with E-state index in [0.717, 1.165) is 12.1 Å². The van der Waals surface area contributed by atoms with Crippen LogP contribution in [0.15, 0.2) is 23.1 Å². The van der Waals surface area contributed by atoms with Crippen molar-refractivity contribution in [1.29, 1.82) is 0 Å². The molecule has 0 heterocycles. The quantitative estimate of drug-likeness (QED) is 0.167. The summed E-state index contributed by atoms with van der Waals surface area (Å²) in [5.74, 6) is 2.89. The molecule has 0 atom stereocenters. The molecule has 0 fully saturated rings. The molecule has 0 amide bonds. The molecule has 0 aliphatic rings. The van der Waals surface area contributed by atoms with Gasteiger partial charge in [0.2, 0.25) is 10.0 Å². The summed E-state index contributed by atoms with van der Waals surface area (Å²) in [6.07, 6.45) is 5.30. The average Bonchev–Trinajstić information content (AvgIpc) is 2.69. The monoisotopic (exact) mass is 500 g/mol. The van der Waals surface area contributed by atoms with Crippen LogP contribution in [0, 0.1) is 12.3 Å². The first-order valence-electron chi connectivity index (χ1n) is 10.8. The Kier molecular flexibility index (Phi) is 11.4. The van der Waals surface area contributed by atoms with Crippen molar-refractivity contribution in [2.75, 3.05) is 45.6 Å². The van der Waals surface area contributed by atoms with Gasteiger partial charge in [-0.3, -0.25) is 0 Å². The smallest absolute Gasteiger partial charge is 0.247 e. The zero-order chi connectivity index (χ0) is 24.4. The third-order valence-corrected chi connectivity index (χ3v) is 9.80. The Morgan fingerprint density at radius 3 is 1.97 bits per heavy atom. The van der Waals surface area contributed by atoms with Gasteiger partial charge in [-0.05, 0) is 24.2 Å². The predicted molar refractivity (Wildman–Crippen MR) is 137 cm³/mol. The molecule has 7 nitrogen and oxygen atoms in total. The minimum Gasteiger partial charge on any atom is -0.495 e. The number of sulfonamides is 1. The second kappa shape index (κ2) is 12.8. The summed E-state index contributed by atoms with van der Waals surface area (Å²) >= 11 is 0. The molecule has 0 spiro atoms. The molecule has 0 saturated carbocycles. The Labute approximate surface area is 196 Å². The highest BCUT2D eigenvalue weighted by atomic mass is 32.2.